The van der Waals surface area contributed by atoms with Gasteiger partial charge in [0.15, 0.2) is 0 Å². The molecule has 11 heteroatoms. The van der Waals surface area contributed by atoms with Gasteiger partial charge in [-0.05, 0) is 24.3 Å². The molecule has 6 nitrogen and oxygen atoms in total. The summed E-state index contributed by atoms with van der Waals surface area (Å²) in [7, 11) is 1.41. The van der Waals surface area contributed by atoms with Gasteiger partial charge in [-0.25, -0.2) is 18.0 Å². The Morgan fingerprint density at radius 3 is 2.13 bits per heavy atom. The first kappa shape index (κ1) is 21.7. The summed E-state index contributed by atoms with van der Waals surface area (Å²) in [6.07, 6.45) is 1.31. The zero-order chi connectivity index (χ0) is 22.7. The van der Waals surface area contributed by atoms with Crippen molar-refractivity contribution < 1.29 is 41.0 Å². The van der Waals surface area contributed by atoms with Crippen molar-refractivity contribution in [2.75, 3.05) is 7.05 Å². The van der Waals surface area contributed by atoms with E-state index in [-0.39, 0.29) is 22.8 Å². The Hall–Kier alpha value is -4.02. The van der Waals surface area contributed by atoms with Gasteiger partial charge in [0.25, 0.3) is 5.91 Å². The zero-order valence-electron chi connectivity index (χ0n) is 15.5. The highest BCUT2D eigenvalue weighted by molar-refractivity contribution is 5.92. The number of pyridine rings is 1. The number of aromatic nitrogens is 1. The Bertz CT molecular complexity index is 1160. The third-order valence-corrected chi connectivity index (χ3v) is 3.86. The van der Waals surface area contributed by atoms with Crippen LogP contribution in [0.5, 0.6) is 17.2 Å². The van der Waals surface area contributed by atoms with E-state index in [9.17, 15) is 31.5 Å². The molecule has 160 valence electrons. The number of rotatable bonds is 5. The summed E-state index contributed by atoms with van der Waals surface area (Å²) < 4.78 is 77.0. The first-order chi connectivity index (χ1) is 14.7. The first-order valence-corrected chi connectivity index (χ1v) is 8.42. The van der Waals surface area contributed by atoms with Crippen molar-refractivity contribution in [1.29, 1.82) is 0 Å². The minimum atomic E-state index is -2.38. The molecule has 0 saturated carbocycles. The molecule has 0 saturated heterocycles. The summed E-state index contributed by atoms with van der Waals surface area (Å²) in [5.74, 6) is -14.8. The van der Waals surface area contributed by atoms with Gasteiger partial charge in [-0.3, -0.25) is 9.78 Å². The van der Waals surface area contributed by atoms with Crippen molar-refractivity contribution in [3.63, 3.8) is 0 Å². The molecular formula is C20H11F5N2O4. The third-order valence-electron chi connectivity index (χ3n) is 3.86. The molecular weight excluding hydrogens is 427 g/mol. The minimum absolute atomic E-state index is 0.0564. The van der Waals surface area contributed by atoms with Crippen molar-refractivity contribution in [1.82, 2.24) is 10.3 Å². The standard InChI is InChI=1S/C20H11F5N2O4/c1-26-19(28)12-8-11(5-6-27-12)30-10-4-2-3-9(7-10)20(29)31-18-16(24)14(22)13(21)15(23)17(18)25/h2-8H,1H3,(H,26,28). The fourth-order valence-corrected chi connectivity index (χ4v) is 2.38. The molecule has 0 fully saturated rings. The molecule has 0 aliphatic rings. The van der Waals surface area contributed by atoms with E-state index in [1.54, 1.807) is 0 Å². The number of esters is 1. The Balaban J connectivity index is 1.84. The summed E-state index contributed by atoms with van der Waals surface area (Å²) in [6, 6.07) is 7.75. The van der Waals surface area contributed by atoms with Crippen LogP contribution in [0.2, 0.25) is 0 Å². The van der Waals surface area contributed by atoms with Gasteiger partial charge in [0.1, 0.15) is 17.2 Å². The van der Waals surface area contributed by atoms with E-state index in [0.29, 0.717) is 0 Å². The lowest BCUT2D eigenvalue weighted by molar-refractivity contribution is 0.0715. The molecule has 2 aromatic carbocycles. The number of hydrogen-bond donors (Lipinski definition) is 1. The topological polar surface area (TPSA) is 77.5 Å². The second kappa shape index (κ2) is 8.78. The number of benzene rings is 2. The molecule has 0 bridgehead atoms. The summed E-state index contributed by atoms with van der Waals surface area (Å²) in [4.78, 5) is 27.7. The number of amides is 1. The van der Waals surface area contributed by atoms with Crippen LogP contribution in [0.1, 0.15) is 20.8 Å². The Kier molecular flexibility index (Phi) is 6.14. The van der Waals surface area contributed by atoms with Crippen molar-refractivity contribution in [3.8, 4) is 17.2 Å². The van der Waals surface area contributed by atoms with Crippen molar-refractivity contribution >= 4 is 11.9 Å². The average molecular weight is 438 g/mol. The van der Waals surface area contributed by atoms with E-state index in [1.807, 2.05) is 0 Å². The van der Waals surface area contributed by atoms with Crippen LogP contribution in [-0.4, -0.2) is 23.9 Å². The summed E-state index contributed by atoms with van der Waals surface area (Å²) in [5, 5.41) is 2.38. The van der Waals surface area contributed by atoms with Crippen LogP contribution in [-0.2, 0) is 0 Å². The van der Waals surface area contributed by atoms with Gasteiger partial charge in [-0.15, -0.1) is 0 Å². The molecule has 1 N–H and O–H groups in total. The van der Waals surface area contributed by atoms with Gasteiger partial charge in [-0.2, -0.15) is 8.78 Å². The van der Waals surface area contributed by atoms with E-state index in [0.717, 1.165) is 6.07 Å². The Morgan fingerprint density at radius 2 is 1.48 bits per heavy atom. The fraction of sp³-hybridized carbons (Fsp3) is 0.0500. The summed E-state index contributed by atoms with van der Waals surface area (Å²) >= 11 is 0. The van der Waals surface area contributed by atoms with Crippen LogP contribution >= 0.6 is 0 Å². The quantitative estimate of drug-likeness (QED) is 0.213. The van der Waals surface area contributed by atoms with Crippen LogP contribution in [0, 0.1) is 29.1 Å². The van der Waals surface area contributed by atoms with Gasteiger partial charge < -0.3 is 14.8 Å². The van der Waals surface area contributed by atoms with Crippen molar-refractivity contribution in [2.45, 2.75) is 0 Å². The van der Waals surface area contributed by atoms with Crippen molar-refractivity contribution in [2.24, 2.45) is 0 Å². The average Bonchev–Trinajstić information content (AvgIpc) is 2.79. The lowest BCUT2D eigenvalue weighted by atomic mass is 10.2. The molecule has 31 heavy (non-hydrogen) atoms. The highest BCUT2D eigenvalue weighted by atomic mass is 19.2. The smallest absolute Gasteiger partial charge is 0.343 e. The lowest BCUT2D eigenvalue weighted by Crippen LogP contribution is -2.18. The molecule has 0 radical (unpaired) electrons. The monoisotopic (exact) mass is 438 g/mol. The molecule has 1 heterocycles. The van der Waals surface area contributed by atoms with Gasteiger partial charge in [0.05, 0.1) is 5.56 Å². The second-order valence-corrected chi connectivity index (χ2v) is 5.87. The molecule has 0 aliphatic heterocycles. The highest BCUT2D eigenvalue weighted by Crippen LogP contribution is 2.30. The number of hydrogen-bond acceptors (Lipinski definition) is 5. The van der Waals surface area contributed by atoms with E-state index in [1.165, 1.54) is 43.6 Å². The van der Waals surface area contributed by atoms with Crippen LogP contribution in [0.25, 0.3) is 0 Å². The zero-order valence-corrected chi connectivity index (χ0v) is 15.5. The van der Waals surface area contributed by atoms with Gasteiger partial charge in [0, 0.05) is 19.3 Å². The summed E-state index contributed by atoms with van der Waals surface area (Å²) in [6.45, 7) is 0. The van der Waals surface area contributed by atoms with E-state index >= 15 is 0 Å². The molecule has 0 unspecified atom stereocenters. The number of carbonyl (C=O) groups is 2. The lowest BCUT2D eigenvalue weighted by Gasteiger charge is -2.10. The highest BCUT2D eigenvalue weighted by Gasteiger charge is 2.29. The van der Waals surface area contributed by atoms with Crippen LogP contribution in [0.15, 0.2) is 42.6 Å². The van der Waals surface area contributed by atoms with Crippen molar-refractivity contribution in [3.05, 3.63) is 82.9 Å². The predicted octanol–water partition coefficient (Wildman–Crippen LogP) is 4.15. The number of nitrogens with zero attached hydrogens (tertiary/aromatic N) is 1. The molecule has 0 spiro atoms. The van der Waals surface area contributed by atoms with Crippen LogP contribution < -0.4 is 14.8 Å². The third kappa shape index (κ3) is 4.44. The van der Waals surface area contributed by atoms with E-state index in [4.69, 9.17) is 4.74 Å². The molecule has 3 rings (SSSR count). The Morgan fingerprint density at radius 1 is 0.871 bits per heavy atom. The number of carbonyl (C=O) groups excluding carboxylic acids is 2. The predicted molar refractivity (Wildman–Crippen MR) is 95.3 cm³/mol. The first-order valence-electron chi connectivity index (χ1n) is 8.42. The Labute approximate surface area is 171 Å². The fourth-order valence-electron chi connectivity index (χ4n) is 2.38. The van der Waals surface area contributed by atoms with E-state index < -0.39 is 46.7 Å². The normalized spacial score (nSPS) is 10.5. The molecule has 1 amide bonds. The van der Waals surface area contributed by atoms with Gasteiger partial charge in [0.2, 0.25) is 34.8 Å². The van der Waals surface area contributed by atoms with Gasteiger partial charge >= 0.3 is 5.97 Å². The molecule has 0 aliphatic carbocycles. The largest absolute Gasteiger partial charge is 0.457 e. The number of halogens is 5. The maximum atomic E-state index is 13.7. The SMILES string of the molecule is CNC(=O)c1cc(Oc2cccc(C(=O)Oc3c(F)c(F)c(F)c(F)c3F)c2)ccn1. The molecule has 1 aromatic heterocycles. The van der Waals surface area contributed by atoms with Crippen LogP contribution in [0.3, 0.4) is 0 Å². The van der Waals surface area contributed by atoms with Gasteiger partial charge in [-0.1, -0.05) is 6.07 Å². The number of nitrogens with one attached hydrogen (secondary N) is 1. The summed E-state index contributed by atoms with van der Waals surface area (Å²) in [5.41, 5.74) is -0.246. The maximum Gasteiger partial charge on any atom is 0.343 e. The maximum absolute atomic E-state index is 13.7. The molecule has 0 atom stereocenters. The van der Waals surface area contributed by atoms with E-state index in [2.05, 4.69) is 15.0 Å². The second-order valence-electron chi connectivity index (χ2n) is 5.87. The van der Waals surface area contributed by atoms with Crippen LogP contribution in [0.4, 0.5) is 22.0 Å². The molecule has 3 aromatic rings. The minimum Gasteiger partial charge on any atom is -0.457 e. The number of ether oxygens (including phenoxy) is 2.